The van der Waals surface area contributed by atoms with Gasteiger partial charge in [0.1, 0.15) is 10.8 Å². The van der Waals surface area contributed by atoms with Gasteiger partial charge < -0.3 is 15.0 Å². The molecule has 0 aliphatic carbocycles. The van der Waals surface area contributed by atoms with Crippen molar-refractivity contribution in [1.29, 1.82) is 0 Å². The zero-order valence-corrected chi connectivity index (χ0v) is 22.5. The summed E-state index contributed by atoms with van der Waals surface area (Å²) in [4.78, 5) is 34.2. The fraction of sp³-hybridized carbons (Fsp3) is 0.385. The number of anilines is 1. The summed E-state index contributed by atoms with van der Waals surface area (Å²) < 4.78 is 20.0. The first-order valence-corrected chi connectivity index (χ1v) is 13.6. The Morgan fingerprint density at radius 2 is 1.92 bits per heavy atom. The Morgan fingerprint density at radius 3 is 2.66 bits per heavy atom. The van der Waals surface area contributed by atoms with Crippen LogP contribution in [-0.4, -0.2) is 87.8 Å². The van der Waals surface area contributed by atoms with E-state index in [4.69, 9.17) is 4.74 Å². The normalized spacial score (nSPS) is 15.3. The summed E-state index contributed by atoms with van der Waals surface area (Å²) >= 11 is 0. The minimum absolute atomic E-state index is 0.0104. The largest absolute Gasteiger partial charge is 0.383 e. The van der Waals surface area contributed by atoms with Crippen molar-refractivity contribution < 1.29 is 13.7 Å². The number of carbonyl (C=O) groups is 1. The molecule has 1 aliphatic heterocycles. The van der Waals surface area contributed by atoms with Crippen LogP contribution in [-0.2, 0) is 20.3 Å². The average Bonchev–Trinajstić information content (AvgIpc) is 3.33. The summed E-state index contributed by atoms with van der Waals surface area (Å²) in [5.74, 6) is -0.0104. The maximum Gasteiger partial charge on any atom is 0.281 e. The summed E-state index contributed by atoms with van der Waals surface area (Å²) in [6.45, 7) is 8.20. The summed E-state index contributed by atoms with van der Waals surface area (Å²) in [5, 5.41) is 10.7. The molecule has 2 N–H and O–H groups in total. The molecule has 12 heteroatoms. The molecule has 5 rings (SSSR count). The van der Waals surface area contributed by atoms with Gasteiger partial charge in [-0.2, -0.15) is 4.98 Å². The van der Waals surface area contributed by atoms with E-state index in [2.05, 4.69) is 30.4 Å². The van der Waals surface area contributed by atoms with Crippen LogP contribution in [0, 0.1) is 13.8 Å². The Morgan fingerprint density at radius 1 is 1.13 bits per heavy atom. The molecule has 3 heterocycles. The lowest BCUT2D eigenvalue weighted by molar-refractivity contribution is -0.122. The zero-order chi connectivity index (χ0) is 26.8. The molecule has 1 amide bonds. The van der Waals surface area contributed by atoms with Gasteiger partial charge in [0.05, 0.1) is 24.1 Å². The second kappa shape index (κ2) is 11.0. The van der Waals surface area contributed by atoms with Crippen LogP contribution in [0.1, 0.15) is 11.1 Å². The number of ether oxygens (including phenoxy) is 1. The summed E-state index contributed by atoms with van der Waals surface area (Å²) in [7, 11) is 0.00244. The molecule has 1 atom stereocenters. The van der Waals surface area contributed by atoms with Gasteiger partial charge in [-0.25, -0.2) is 13.9 Å². The number of nitrogens with zero attached hydrogens (tertiary/aromatic N) is 5. The van der Waals surface area contributed by atoms with Gasteiger partial charge in [0.25, 0.3) is 5.56 Å². The first-order chi connectivity index (χ1) is 18.4. The van der Waals surface area contributed by atoms with Crippen molar-refractivity contribution in [2.24, 2.45) is 0 Å². The number of fused-ring (bicyclic) bond motifs is 3. The third kappa shape index (κ3) is 5.19. The van der Waals surface area contributed by atoms with E-state index in [9.17, 15) is 13.8 Å². The highest BCUT2D eigenvalue weighted by atomic mass is 32.2. The van der Waals surface area contributed by atoms with Crippen LogP contribution in [0.15, 0.2) is 51.1 Å². The number of aryl methyl sites for hydroxylation is 2. The van der Waals surface area contributed by atoms with Crippen LogP contribution >= 0.6 is 0 Å². The van der Waals surface area contributed by atoms with E-state index in [1.54, 1.807) is 17.7 Å². The molecule has 1 unspecified atom stereocenters. The Labute approximate surface area is 222 Å². The molecule has 1 fully saturated rings. The van der Waals surface area contributed by atoms with Gasteiger partial charge >= 0.3 is 0 Å². The summed E-state index contributed by atoms with van der Waals surface area (Å²) in [6.07, 6.45) is 0. The van der Waals surface area contributed by atoms with Crippen molar-refractivity contribution in [2.75, 3.05) is 57.9 Å². The number of aromatic amines is 1. The number of benzene rings is 2. The van der Waals surface area contributed by atoms with E-state index in [0.717, 1.165) is 43.0 Å². The Bertz CT molecular complexity index is 1570. The molecular weight excluding hydrogens is 506 g/mol. The summed E-state index contributed by atoms with van der Waals surface area (Å²) in [5.41, 5.74) is 3.40. The maximum atomic E-state index is 13.4. The minimum Gasteiger partial charge on any atom is -0.383 e. The monoisotopic (exact) mass is 537 g/mol. The fourth-order valence-electron chi connectivity index (χ4n) is 4.74. The highest BCUT2D eigenvalue weighted by Crippen LogP contribution is 2.25. The van der Waals surface area contributed by atoms with Crippen LogP contribution in [0.4, 0.5) is 5.69 Å². The number of nitrogens with one attached hydrogen (secondary N) is 2. The van der Waals surface area contributed by atoms with E-state index in [-0.39, 0.29) is 16.6 Å². The molecule has 4 aromatic rings. The predicted molar refractivity (Wildman–Crippen MR) is 145 cm³/mol. The van der Waals surface area contributed by atoms with E-state index < -0.39 is 16.4 Å². The van der Waals surface area contributed by atoms with Crippen molar-refractivity contribution in [3.8, 4) is 0 Å². The predicted octanol–water partition coefficient (Wildman–Crippen LogP) is 1.24. The van der Waals surface area contributed by atoms with E-state index >= 15 is 0 Å². The molecule has 1 aliphatic rings. The number of H-pyrrole nitrogens is 1. The van der Waals surface area contributed by atoms with Gasteiger partial charge in [0.2, 0.25) is 5.91 Å². The van der Waals surface area contributed by atoms with Crippen molar-refractivity contribution in [3.63, 3.8) is 0 Å². The maximum absolute atomic E-state index is 13.4. The molecule has 2 aromatic carbocycles. The van der Waals surface area contributed by atoms with Gasteiger partial charge in [-0.1, -0.05) is 17.7 Å². The number of amides is 1. The second-order valence-corrected chi connectivity index (χ2v) is 10.8. The van der Waals surface area contributed by atoms with Gasteiger partial charge in [0, 0.05) is 50.4 Å². The number of aromatic nitrogens is 4. The average molecular weight is 538 g/mol. The molecule has 0 saturated carbocycles. The van der Waals surface area contributed by atoms with Crippen LogP contribution in [0.3, 0.4) is 0 Å². The Hall–Kier alpha value is -3.61. The lowest BCUT2D eigenvalue weighted by atomic mass is 10.2. The van der Waals surface area contributed by atoms with E-state index in [1.165, 1.54) is 0 Å². The molecule has 11 nitrogen and oxygen atoms in total. The first-order valence-electron chi connectivity index (χ1n) is 12.5. The molecule has 0 radical (unpaired) electrons. The number of rotatable bonds is 8. The first kappa shape index (κ1) is 26.0. The Balaban J connectivity index is 1.38. The summed E-state index contributed by atoms with van der Waals surface area (Å²) in [6, 6.07) is 11.3. The number of methoxy groups -OCH3 is 1. The highest BCUT2D eigenvalue weighted by Gasteiger charge is 2.22. The quantitative estimate of drug-likeness (QED) is 0.322. The molecule has 38 heavy (non-hydrogen) atoms. The molecule has 0 bridgehead atoms. The van der Waals surface area contributed by atoms with Crippen molar-refractivity contribution in [1.82, 2.24) is 30.0 Å². The number of carbonyl (C=O) groups excluding carboxylic acids is 1. The molecule has 2 aromatic heterocycles. The van der Waals surface area contributed by atoms with Gasteiger partial charge in [-0.3, -0.25) is 14.5 Å². The second-order valence-electron chi connectivity index (χ2n) is 9.44. The molecule has 200 valence electrons. The topological polar surface area (TPSA) is 125 Å². The standard InChI is InChI=1S/C26H31N7O4S/c1-17-4-7-22(18(2)14-17)38(36)26-24-28-25(35)20-6-5-19(15-21(20)33(24)30-29-26)32-11-9-31(10-12-32)16-23(34)27-8-13-37-3/h4-7,14-15,30H,8-13,16H2,1-3H3,(H,27,34). The highest BCUT2D eigenvalue weighted by molar-refractivity contribution is 7.85. The van der Waals surface area contributed by atoms with E-state index in [1.807, 2.05) is 44.2 Å². The lowest BCUT2D eigenvalue weighted by Gasteiger charge is -2.35. The van der Waals surface area contributed by atoms with Crippen molar-refractivity contribution in [3.05, 3.63) is 57.9 Å². The van der Waals surface area contributed by atoms with Crippen molar-refractivity contribution >= 4 is 38.9 Å². The van der Waals surface area contributed by atoms with Gasteiger partial charge in [-0.15, -0.1) is 5.10 Å². The molecule has 1 saturated heterocycles. The lowest BCUT2D eigenvalue weighted by Crippen LogP contribution is -2.49. The van der Waals surface area contributed by atoms with Crippen molar-refractivity contribution in [2.45, 2.75) is 23.8 Å². The zero-order valence-electron chi connectivity index (χ0n) is 21.7. The minimum atomic E-state index is -1.60. The fourth-order valence-corrected chi connectivity index (χ4v) is 5.92. The van der Waals surface area contributed by atoms with Crippen LogP contribution in [0.5, 0.6) is 0 Å². The SMILES string of the molecule is COCCNC(=O)CN1CCN(c2ccc3c(=O)nc4c(S(=O)c5ccc(C)cc5C)n[nH]n4c3c2)CC1. The Kier molecular flexibility index (Phi) is 7.54. The number of piperazine rings is 1. The van der Waals surface area contributed by atoms with Crippen LogP contribution in [0.25, 0.3) is 16.6 Å². The van der Waals surface area contributed by atoms with Crippen LogP contribution < -0.4 is 15.8 Å². The number of hydrogen-bond acceptors (Lipinski definition) is 8. The number of hydrogen-bond donors (Lipinski definition) is 2. The van der Waals surface area contributed by atoms with E-state index in [0.29, 0.717) is 35.5 Å². The smallest absolute Gasteiger partial charge is 0.281 e. The van der Waals surface area contributed by atoms with Crippen LogP contribution in [0.2, 0.25) is 0 Å². The van der Waals surface area contributed by atoms with Gasteiger partial charge in [-0.05, 0) is 43.7 Å². The van der Waals surface area contributed by atoms with Gasteiger partial charge in [0.15, 0.2) is 10.7 Å². The molecular formula is C26H31N7O4S. The third-order valence-electron chi connectivity index (χ3n) is 6.75. The third-order valence-corrected chi connectivity index (χ3v) is 8.24. The molecule has 0 spiro atoms.